The van der Waals surface area contributed by atoms with Crippen LogP contribution in [0.1, 0.15) is 49.9 Å². The maximum atomic E-state index is 13.6. The lowest BCUT2D eigenvalue weighted by Crippen LogP contribution is -2.20. The summed E-state index contributed by atoms with van der Waals surface area (Å²) in [5, 5.41) is 9.41. The standard InChI is InChI=1S/C16H17FN2O2/c17-9-4-7-13-14(8-9)19(10-5-6-10)15(18-13)11-2-1-3-12(11)16(20)21/h4,7-8,10-12H,1-3,5-6H2,(H,20,21). The van der Waals surface area contributed by atoms with Crippen molar-refractivity contribution in [3.05, 3.63) is 29.8 Å². The van der Waals surface area contributed by atoms with Crippen LogP contribution in [0.2, 0.25) is 0 Å². The van der Waals surface area contributed by atoms with Crippen molar-refractivity contribution < 1.29 is 14.3 Å². The zero-order valence-corrected chi connectivity index (χ0v) is 11.6. The first kappa shape index (κ1) is 12.8. The summed E-state index contributed by atoms with van der Waals surface area (Å²) in [6.45, 7) is 0. The number of aliphatic carboxylic acids is 1. The van der Waals surface area contributed by atoms with Crippen molar-refractivity contribution in [2.75, 3.05) is 0 Å². The molecule has 0 radical (unpaired) electrons. The SMILES string of the molecule is O=C(O)C1CCCC1c1nc2ccc(F)cc2n1C1CC1. The minimum atomic E-state index is -0.738. The Bertz CT molecular complexity index is 720. The molecule has 2 atom stereocenters. The fourth-order valence-corrected chi connectivity index (χ4v) is 3.63. The highest BCUT2D eigenvalue weighted by Crippen LogP contribution is 2.45. The molecular formula is C16H17FN2O2. The molecule has 0 bridgehead atoms. The lowest BCUT2D eigenvalue weighted by atomic mass is 9.95. The van der Waals surface area contributed by atoms with E-state index in [9.17, 15) is 14.3 Å². The van der Waals surface area contributed by atoms with Gasteiger partial charge in [-0.2, -0.15) is 0 Å². The summed E-state index contributed by atoms with van der Waals surface area (Å²) in [7, 11) is 0. The van der Waals surface area contributed by atoms with Crippen molar-refractivity contribution >= 4 is 17.0 Å². The molecule has 1 heterocycles. The van der Waals surface area contributed by atoms with Gasteiger partial charge in [0, 0.05) is 12.0 Å². The van der Waals surface area contributed by atoms with Gasteiger partial charge in [-0.15, -0.1) is 0 Å². The molecule has 2 unspecified atom stereocenters. The van der Waals surface area contributed by atoms with Gasteiger partial charge in [0.15, 0.2) is 0 Å². The first-order valence-electron chi connectivity index (χ1n) is 7.55. The Kier molecular flexibility index (Phi) is 2.77. The summed E-state index contributed by atoms with van der Waals surface area (Å²) in [4.78, 5) is 16.1. The Hall–Kier alpha value is -1.91. The van der Waals surface area contributed by atoms with Crippen molar-refractivity contribution in [2.45, 2.75) is 44.1 Å². The van der Waals surface area contributed by atoms with Crippen LogP contribution in [-0.4, -0.2) is 20.6 Å². The van der Waals surface area contributed by atoms with E-state index in [1.165, 1.54) is 12.1 Å². The largest absolute Gasteiger partial charge is 0.481 e. The normalized spacial score (nSPS) is 25.6. The molecule has 2 aromatic rings. The van der Waals surface area contributed by atoms with Gasteiger partial charge in [0.05, 0.1) is 17.0 Å². The molecule has 0 amide bonds. The Morgan fingerprint density at radius 3 is 2.81 bits per heavy atom. The number of nitrogens with zero attached hydrogens (tertiary/aromatic N) is 2. The molecule has 5 heteroatoms. The number of hydrogen-bond donors (Lipinski definition) is 1. The predicted molar refractivity (Wildman–Crippen MR) is 75.7 cm³/mol. The van der Waals surface area contributed by atoms with E-state index >= 15 is 0 Å². The molecule has 2 aliphatic rings. The number of carboxylic acids is 1. The second-order valence-corrected chi connectivity index (χ2v) is 6.19. The van der Waals surface area contributed by atoms with Crippen LogP contribution in [0.3, 0.4) is 0 Å². The number of imidazole rings is 1. The number of carboxylic acid groups (broad SMARTS) is 1. The van der Waals surface area contributed by atoms with Crippen LogP contribution in [-0.2, 0) is 4.79 Å². The molecule has 0 aliphatic heterocycles. The summed E-state index contributed by atoms with van der Waals surface area (Å²) in [5.74, 6) is -0.555. The molecule has 2 saturated carbocycles. The van der Waals surface area contributed by atoms with Gasteiger partial charge in [-0.3, -0.25) is 4.79 Å². The van der Waals surface area contributed by atoms with E-state index in [4.69, 9.17) is 0 Å². The molecule has 4 nitrogen and oxygen atoms in total. The van der Waals surface area contributed by atoms with Gasteiger partial charge in [0.25, 0.3) is 0 Å². The number of aromatic nitrogens is 2. The van der Waals surface area contributed by atoms with Crippen LogP contribution in [0.4, 0.5) is 4.39 Å². The molecule has 2 fully saturated rings. The van der Waals surface area contributed by atoms with Crippen molar-refractivity contribution in [1.82, 2.24) is 9.55 Å². The summed E-state index contributed by atoms with van der Waals surface area (Å²) in [6.07, 6.45) is 4.63. The average molecular weight is 288 g/mol. The quantitative estimate of drug-likeness (QED) is 0.940. The second-order valence-electron chi connectivity index (χ2n) is 6.19. The second kappa shape index (κ2) is 4.55. The summed E-state index contributed by atoms with van der Waals surface area (Å²) < 4.78 is 15.7. The topological polar surface area (TPSA) is 55.1 Å². The number of carbonyl (C=O) groups is 1. The third-order valence-corrected chi connectivity index (χ3v) is 4.76. The van der Waals surface area contributed by atoms with Crippen molar-refractivity contribution in [3.63, 3.8) is 0 Å². The lowest BCUT2D eigenvalue weighted by Gasteiger charge is -2.17. The van der Waals surface area contributed by atoms with E-state index in [0.29, 0.717) is 12.5 Å². The molecule has 0 spiro atoms. The van der Waals surface area contributed by atoms with E-state index in [1.807, 2.05) is 0 Å². The smallest absolute Gasteiger partial charge is 0.307 e. The minimum Gasteiger partial charge on any atom is -0.481 e. The zero-order chi connectivity index (χ0) is 14.6. The number of rotatable bonds is 3. The Balaban J connectivity index is 1.88. The van der Waals surface area contributed by atoms with Gasteiger partial charge >= 0.3 is 5.97 Å². The van der Waals surface area contributed by atoms with Gasteiger partial charge < -0.3 is 9.67 Å². The summed E-state index contributed by atoms with van der Waals surface area (Å²) in [5.41, 5.74) is 1.58. The molecule has 21 heavy (non-hydrogen) atoms. The summed E-state index contributed by atoms with van der Waals surface area (Å²) >= 11 is 0. The lowest BCUT2D eigenvalue weighted by molar-refractivity contribution is -0.142. The van der Waals surface area contributed by atoms with Gasteiger partial charge in [0.1, 0.15) is 11.6 Å². The van der Waals surface area contributed by atoms with Gasteiger partial charge in [-0.05, 0) is 43.9 Å². The molecule has 1 N–H and O–H groups in total. The molecule has 1 aromatic heterocycles. The van der Waals surface area contributed by atoms with Crippen LogP contribution in [0.15, 0.2) is 18.2 Å². The molecule has 2 aliphatic carbocycles. The predicted octanol–water partition coefficient (Wildman–Crippen LogP) is 3.48. The van der Waals surface area contributed by atoms with Crippen LogP contribution in [0, 0.1) is 11.7 Å². The van der Waals surface area contributed by atoms with E-state index in [1.54, 1.807) is 6.07 Å². The first-order chi connectivity index (χ1) is 10.1. The van der Waals surface area contributed by atoms with Crippen molar-refractivity contribution in [2.24, 2.45) is 5.92 Å². The Labute approximate surface area is 121 Å². The first-order valence-corrected chi connectivity index (χ1v) is 7.55. The number of benzene rings is 1. The summed E-state index contributed by atoms with van der Waals surface area (Å²) in [6, 6.07) is 4.99. The van der Waals surface area contributed by atoms with E-state index in [-0.39, 0.29) is 17.7 Å². The third kappa shape index (κ3) is 2.03. The monoisotopic (exact) mass is 288 g/mol. The fourth-order valence-electron chi connectivity index (χ4n) is 3.63. The number of halogens is 1. The van der Waals surface area contributed by atoms with E-state index in [0.717, 1.165) is 42.5 Å². The fraction of sp³-hybridized carbons (Fsp3) is 0.500. The minimum absolute atomic E-state index is 0.0430. The highest BCUT2D eigenvalue weighted by Gasteiger charge is 2.39. The van der Waals surface area contributed by atoms with Crippen molar-refractivity contribution in [3.8, 4) is 0 Å². The maximum absolute atomic E-state index is 13.6. The highest BCUT2D eigenvalue weighted by atomic mass is 19.1. The molecule has 4 rings (SSSR count). The highest BCUT2D eigenvalue weighted by molar-refractivity contribution is 5.77. The van der Waals surface area contributed by atoms with E-state index < -0.39 is 5.97 Å². The third-order valence-electron chi connectivity index (χ3n) is 4.76. The van der Waals surface area contributed by atoms with Crippen LogP contribution < -0.4 is 0 Å². The van der Waals surface area contributed by atoms with Gasteiger partial charge in [0.2, 0.25) is 0 Å². The number of fused-ring (bicyclic) bond motifs is 1. The van der Waals surface area contributed by atoms with E-state index in [2.05, 4.69) is 9.55 Å². The molecule has 110 valence electrons. The average Bonchev–Trinajstić information content (AvgIpc) is 3.03. The maximum Gasteiger partial charge on any atom is 0.307 e. The Morgan fingerprint density at radius 1 is 1.29 bits per heavy atom. The van der Waals surface area contributed by atoms with Crippen LogP contribution in [0.5, 0.6) is 0 Å². The van der Waals surface area contributed by atoms with Crippen molar-refractivity contribution in [1.29, 1.82) is 0 Å². The molecule has 0 saturated heterocycles. The van der Waals surface area contributed by atoms with Crippen LogP contribution >= 0.6 is 0 Å². The molecular weight excluding hydrogens is 271 g/mol. The van der Waals surface area contributed by atoms with Crippen LogP contribution in [0.25, 0.3) is 11.0 Å². The number of hydrogen-bond acceptors (Lipinski definition) is 2. The zero-order valence-electron chi connectivity index (χ0n) is 11.6. The van der Waals surface area contributed by atoms with Gasteiger partial charge in [-0.25, -0.2) is 9.37 Å². The molecule has 1 aromatic carbocycles. The Morgan fingerprint density at radius 2 is 2.10 bits per heavy atom. The van der Waals surface area contributed by atoms with Gasteiger partial charge in [-0.1, -0.05) is 6.42 Å².